The Morgan fingerprint density at radius 2 is 1.27 bits per heavy atom. The summed E-state index contributed by atoms with van der Waals surface area (Å²) < 4.78 is 69.5. The van der Waals surface area contributed by atoms with Crippen LogP contribution >= 0.6 is 12.6 Å². The summed E-state index contributed by atoms with van der Waals surface area (Å²) in [5.41, 5.74) is 13.0. The molecule has 0 radical (unpaired) electrons. The molecule has 0 aliphatic carbocycles. The number of amides is 3. The molecule has 3 amide bonds. The molecule has 0 aliphatic heterocycles. The third kappa shape index (κ3) is 23.7. The molecule has 26 heteroatoms. The zero-order valence-corrected chi connectivity index (χ0v) is 46.1. The van der Waals surface area contributed by atoms with Crippen molar-refractivity contribution >= 4 is 48.6 Å². The lowest BCUT2D eigenvalue weighted by atomic mass is 9.99. The molecule has 0 saturated carbocycles. The highest BCUT2D eigenvalue weighted by molar-refractivity contribution is 7.80. The van der Waals surface area contributed by atoms with Gasteiger partial charge in [0.25, 0.3) is 12.0 Å². The number of benzene rings is 3. The van der Waals surface area contributed by atoms with Gasteiger partial charge < -0.3 is 65.7 Å². The minimum absolute atomic E-state index is 0.0360. The summed E-state index contributed by atoms with van der Waals surface area (Å²) >= 11 is 3.85. The van der Waals surface area contributed by atoms with Crippen molar-refractivity contribution in [2.45, 2.75) is 76.3 Å². The number of Topliss-reactive ketones (excluding diaryl/α,β-unsaturated/α-hetero) is 1. The first-order valence-electron chi connectivity index (χ1n) is 26.2. The van der Waals surface area contributed by atoms with Crippen LogP contribution in [0.25, 0.3) is 11.1 Å². The number of hydrogen-bond acceptors (Lipinski definition) is 18. The smallest absolute Gasteiger partial charge is 0.331 e. The zero-order chi connectivity index (χ0) is 58.9. The molecule has 8 N–H and O–H groups in total. The average Bonchev–Trinajstić information content (AvgIpc) is 3.53. The molecule has 444 valence electrons. The van der Waals surface area contributed by atoms with E-state index in [1.165, 1.54) is 10.6 Å². The average molecular weight is 1160 g/mol. The van der Waals surface area contributed by atoms with Gasteiger partial charge >= 0.3 is 11.7 Å². The summed E-state index contributed by atoms with van der Waals surface area (Å²) in [5, 5.41) is 16.0. The number of nitrogens with one attached hydrogen (secondary N) is 3. The standard InChI is InChI=1S/C55H73F2N7O16S/c1-37-50(53(70)64(33-46(59)39-9-3-2-4-10-39)55(73)63(37)32-42-43(56)13-6-14-44(42)57)40-11-5-8-38(30-40)15-16-41(66)12-7-18-74-20-22-76-24-26-78-28-29-79-27-25-77-23-21-75-19-17-49(67)60-31-45(58)51(68)61-47(34-80-36-65)52(69)62-48(35-81)54(71)72/h2-6,8-11,13-14,30,36,45-48,81H,7,12,15-29,31-35,58-59H2,1H3,(H,60,67)(H,61,68)(H,62,69)(H,71,72)/t45-,46-,47-,48-/m0/s1. The van der Waals surface area contributed by atoms with Crippen LogP contribution in [0.3, 0.4) is 0 Å². The first kappa shape index (κ1) is 66.8. The fourth-order valence-corrected chi connectivity index (χ4v) is 8.06. The number of ketones is 1. The van der Waals surface area contributed by atoms with Crippen molar-refractivity contribution in [1.29, 1.82) is 0 Å². The van der Waals surface area contributed by atoms with E-state index in [-0.39, 0.29) is 80.6 Å². The summed E-state index contributed by atoms with van der Waals surface area (Å²) in [6.45, 7) is 3.74. The van der Waals surface area contributed by atoms with Gasteiger partial charge in [-0.1, -0.05) is 60.7 Å². The van der Waals surface area contributed by atoms with Crippen LogP contribution in [0.4, 0.5) is 8.78 Å². The fourth-order valence-electron chi connectivity index (χ4n) is 7.81. The summed E-state index contributed by atoms with van der Waals surface area (Å²) in [6.07, 6.45) is 1.44. The molecule has 3 aromatic carbocycles. The summed E-state index contributed by atoms with van der Waals surface area (Å²) in [5.74, 6) is -5.47. The zero-order valence-electron chi connectivity index (χ0n) is 45.2. The number of carbonyl (C=O) groups excluding carboxylic acids is 5. The molecule has 23 nitrogen and oxygen atoms in total. The number of nitrogens with zero attached hydrogens (tertiary/aromatic N) is 2. The van der Waals surface area contributed by atoms with E-state index in [2.05, 4.69) is 33.3 Å². The third-order valence-electron chi connectivity index (χ3n) is 12.3. The number of carbonyl (C=O) groups is 6. The Bertz CT molecular complexity index is 2740. The highest BCUT2D eigenvalue weighted by Crippen LogP contribution is 2.23. The molecule has 0 fully saturated rings. The number of carboxylic acid groups (broad SMARTS) is 1. The van der Waals surface area contributed by atoms with Crippen molar-refractivity contribution in [1.82, 2.24) is 25.1 Å². The molecular formula is C55H73F2N7O16S. The maximum atomic E-state index is 14.9. The number of carboxylic acids is 1. The van der Waals surface area contributed by atoms with Gasteiger partial charge in [0, 0.05) is 55.5 Å². The van der Waals surface area contributed by atoms with Crippen molar-refractivity contribution in [3.05, 3.63) is 128 Å². The predicted octanol–water partition coefficient (Wildman–Crippen LogP) is 1.38. The normalized spacial score (nSPS) is 12.7. The van der Waals surface area contributed by atoms with Crippen LogP contribution in [-0.2, 0) is 81.4 Å². The van der Waals surface area contributed by atoms with Crippen molar-refractivity contribution in [2.24, 2.45) is 11.5 Å². The number of ether oxygens (including phenoxy) is 7. The predicted molar refractivity (Wildman–Crippen MR) is 294 cm³/mol. The number of aromatic nitrogens is 2. The van der Waals surface area contributed by atoms with Crippen molar-refractivity contribution in [3.8, 4) is 11.1 Å². The lowest BCUT2D eigenvalue weighted by Crippen LogP contribution is -2.57. The molecule has 0 saturated heterocycles. The van der Waals surface area contributed by atoms with E-state index in [4.69, 9.17) is 45.0 Å². The minimum atomic E-state index is -1.45. The van der Waals surface area contributed by atoms with Crippen molar-refractivity contribution in [3.63, 3.8) is 0 Å². The topological polar surface area (TPSA) is 319 Å². The van der Waals surface area contributed by atoms with Crippen LogP contribution in [0.2, 0.25) is 0 Å². The van der Waals surface area contributed by atoms with Crippen molar-refractivity contribution < 1.29 is 75.8 Å². The maximum absolute atomic E-state index is 14.9. The van der Waals surface area contributed by atoms with Gasteiger partial charge in [-0.05, 0) is 48.6 Å². The summed E-state index contributed by atoms with van der Waals surface area (Å²) in [7, 11) is 0. The second-order valence-corrected chi connectivity index (χ2v) is 18.6. The number of rotatable bonds is 42. The van der Waals surface area contributed by atoms with Gasteiger partial charge in [0.1, 0.15) is 42.2 Å². The van der Waals surface area contributed by atoms with E-state index in [1.807, 2.05) is 12.1 Å². The van der Waals surface area contributed by atoms with Crippen LogP contribution in [0.1, 0.15) is 54.1 Å². The van der Waals surface area contributed by atoms with E-state index < -0.39 is 83.9 Å². The van der Waals surface area contributed by atoms with E-state index >= 15 is 0 Å². The summed E-state index contributed by atoms with van der Waals surface area (Å²) in [4.78, 5) is 99.8. The Morgan fingerprint density at radius 1 is 0.704 bits per heavy atom. The lowest BCUT2D eigenvalue weighted by molar-refractivity contribution is -0.142. The number of nitrogens with two attached hydrogens (primary N) is 2. The van der Waals surface area contributed by atoms with Gasteiger partial charge in [-0.3, -0.25) is 37.9 Å². The Kier molecular flexibility index (Phi) is 30.7. The number of thiol groups is 1. The molecule has 4 aromatic rings. The number of aliphatic carboxylic acids is 1. The number of hydrogen-bond donors (Lipinski definition) is 7. The first-order valence-corrected chi connectivity index (χ1v) is 26.9. The third-order valence-corrected chi connectivity index (χ3v) is 12.6. The number of halogens is 2. The Balaban J connectivity index is 1.01. The van der Waals surface area contributed by atoms with Gasteiger partial charge in [-0.25, -0.2) is 18.4 Å². The fraction of sp³-hybridized carbons (Fsp3) is 0.491. The maximum Gasteiger partial charge on any atom is 0.331 e. The SMILES string of the molecule is Cc1c(-c2cccc(CCC(=O)CCCOCCOCCOCCOCCOCCOCCC(=O)NC[C@H](N)C(=O)N[C@@H](COC=O)C(=O)N[C@@H](CS)C(=O)O)c2)c(=O)n(C[C@H](N)c2ccccc2)c(=O)n1Cc1c(F)cccc1F. The van der Waals surface area contributed by atoms with Crippen LogP contribution in [-0.4, -0.2) is 166 Å². The van der Waals surface area contributed by atoms with Crippen LogP contribution < -0.4 is 38.7 Å². The second kappa shape index (κ2) is 37.3. The highest BCUT2D eigenvalue weighted by Gasteiger charge is 2.29. The van der Waals surface area contributed by atoms with E-state index in [0.717, 1.165) is 22.3 Å². The molecule has 81 heavy (non-hydrogen) atoms. The highest BCUT2D eigenvalue weighted by atomic mass is 32.1. The van der Waals surface area contributed by atoms with Crippen molar-refractivity contribution in [2.75, 3.05) is 98.2 Å². The number of aryl methyl sites for hydroxylation is 1. The molecule has 4 rings (SSSR count). The largest absolute Gasteiger partial charge is 0.480 e. The second-order valence-electron chi connectivity index (χ2n) is 18.2. The van der Waals surface area contributed by atoms with Gasteiger partial charge in [0.05, 0.1) is 91.3 Å². The quantitative estimate of drug-likeness (QED) is 0.0187. The van der Waals surface area contributed by atoms with Crippen LogP contribution in [0.15, 0.2) is 82.4 Å². The molecule has 1 heterocycles. The summed E-state index contributed by atoms with van der Waals surface area (Å²) in [6, 6.07) is 14.7. The molecule has 4 atom stereocenters. The monoisotopic (exact) mass is 1160 g/mol. The van der Waals surface area contributed by atoms with Gasteiger partial charge in [0.15, 0.2) is 0 Å². The molecule has 0 unspecified atom stereocenters. The molecular weight excluding hydrogens is 1080 g/mol. The minimum Gasteiger partial charge on any atom is -0.480 e. The molecule has 0 spiro atoms. The molecule has 0 aliphatic rings. The lowest BCUT2D eigenvalue weighted by Gasteiger charge is -2.21. The van der Waals surface area contributed by atoms with E-state index in [1.54, 1.807) is 49.4 Å². The molecule has 0 bridgehead atoms. The molecule has 1 aromatic heterocycles. The Morgan fingerprint density at radius 3 is 1.85 bits per heavy atom. The van der Waals surface area contributed by atoms with Gasteiger partial charge in [0.2, 0.25) is 17.7 Å². The van der Waals surface area contributed by atoms with Crippen LogP contribution in [0.5, 0.6) is 0 Å². The first-order chi connectivity index (χ1) is 39.1. The van der Waals surface area contributed by atoms with E-state index in [0.29, 0.717) is 89.9 Å². The Labute approximate surface area is 472 Å². The Hall–Kier alpha value is -6.75. The van der Waals surface area contributed by atoms with Gasteiger partial charge in [-0.15, -0.1) is 0 Å². The van der Waals surface area contributed by atoms with Crippen LogP contribution in [0, 0.1) is 18.6 Å². The van der Waals surface area contributed by atoms with E-state index in [9.17, 15) is 47.1 Å². The van der Waals surface area contributed by atoms with Gasteiger partial charge in [-0.2, -0.15) is 12.6 Å².